The number of carbonyl (C=O) groups is 2. The van der Waals surface area contributed by atoms with Crippen LogP contribution in [0.5, 0.6) is 11.5 Å². The highest BCUT2D eigenvalue weighted by atomic mass is 32.1. The van der Waals surface area contributed by atoms with Crippen molar-refractivity contribution in [1.82, 2.24) is 5.43 Å². The minimum Gasteiger partial charge on any atom is -0.493 e. The van der Waals surface area contributed by atoms with Crippen molar-refractivity contribution in [1.29, 1.82) is 0 Å². The average Bonchev–Trinajstić information content (AvgIpc) is 2.73. The van der Waals surface area contributed by atoms with Gasteiger partial charge in [-0.05, 0) is 67.2 Å². The molecule has 0 bridgehead atoms. The molecule has 158 valence electrons. The van der Waals surface area contributed by atoms with Gasteiger partial charge in [-0.2, -0.15) is 5.10 Å². The van der Waals surface area contributed by atoms with Crippen molar-refractivity contribution in [2.45, 2.75) is 6.92 Å². The number of thiocarbonyl (C=S) groups is 1. The molecule has 0 fully saturated rings. The summed E-state index contributed by atoms with van der Waals surface area (Å²) in [7, 11) is 1.49. The molecule has 2 rings (SSSR count). The summed E-state index contributed by atoms with van der Waals surface area (Å²) in [5.74, 6) is 0.0404. The Bertz CT molecular complexity index is 931. The first kappa shape index (κ1) is 22.6. The molecule has 0 aliphatic rings. The van der Waals surface area contributed by atoms with Crippen molar-refractivity contribution in [3.05, 3.63) is 53.6 Å². The van der Waals surface area contributed by atoms with Crippen LogP contribution >= 0.6 is 12.2 Å². The number of methoxy groups -OCH3 is 1. The molecule has 2 aromatic rings. The predicted octanol–water partition coefficient (Wildman–Crippen LogP) is 2.06. The van der Waals surface area contributed by atoms with Crippen LogP contribution in [-0.2, 0) is 9.53 Å². The summed E-state index contributed by atoms with van der Waals surface area (Å²) in [5.41, 5.74) is 9.40. The summed E-state index contributed by atoms with van der Waals surface area (Å²) in [4.78, 5) is 23.8. The number of nitrogens with one attached hydrogen (secondary N) is 2. The van der Waals surface area contributed by atoms with Gasteiger partial charge in [0.25, 0.3) is 5.91 Å². The molecule has 30 heavy (non-hydrogen) atoms. The van der Waals surface area contributed by atoms with Crippen molar-refractivity contribution < 1.29 is 23.8 Å². The van der Waals surface area contributed by atoms with Crippen molar-refractivity contribution in [3.63, 3.8) is 0 Å². The molecular formula is C20H22N4O5S. The zero-order chi connectivity index (χ0) is 21.9. The van der Waals surface area contributed by atoms with E-state index in [0.717, 1.165) is 0 Å². The Morgan fingerprint density at radius 1 is 1.17 bits per heavy atom. The molecular weight excluding hydrogens is 408 g/mol. The molecule has 0 spiro atoms. The molecule has 0 atom stereocenters. The van der Waals surface area contributed by atoms with E-state index in [0.29, 0.717) is 34.9 Å². The lowest BCUT2D eigenvalue weighted by molar-refractivity contribution is -0.118. The first-order valence-electron chi connectivity index (χ1n) is 8.89. The average molecular weight is 430 g/mol. The smallest absolute Gasteiger partial charge is 0.338 e. The molecule has 0 saturated heterocycles. The number of anilines is 1. The summed E-state index contributed by atoms with van der Waals surface area (Å²) in [5, 5.41) is 6.61. The van der Waals surface area contributed by atoms with Crippen LogP contribution < -0.4 is 25.9 Å². The summed E-state index contributed by atoms with van der Waals surface area (Å²) in [6.07, 6.45) is 1.51. The first-order valence-corrected chi connectivity index (χ1v) is 9.30. The molecule has 10 heteroatoms. The second kappa shape index (κ2) is 11.4. The number of nitrogens with zero attached hydrogens (tertiary/aromatic N) is 1. The molecule has 0 aromatic heterocycles. The Balaban J connectivity index is 1.93. The number of hydrazone groups is 1. The fraction of sp³-hybridized carbons (Fsp3) is 0.200. The van der Waals surface area contributed by atoms with Crippen molar-refractivity contribution in [3.8, 4) is 11.5 Å². The topological polar surface area (TPSA) is 124 Å². The molecule has 0 aliphatic carbocycles. The van der Waals surface area contributed by atoms with Crippen LogP contribution in [0.15, 0.2) is 47.6 Å². The van der Waals surface area contributed by atoms with Crippen LogP contribution in [0.25, 0.3) is 0 Å². The van der Waals surface area contributed by atoms with Crippen LogP contribution in [0.4, 0.5) is 5.69 Å². The second-order valence-corrected chi connectivity index (χ2v) is 6.22. The van der Waals surface area contributed by atoms with Gasteiger partial charge in [0.2, 0.25) is 0 Å². The van der Waals surface area contributed by atoms with Crippen molar-refractivity contribution >= 4 is 41.1 Å². The number of hydrogen-bond acceptors (Lipinski definition) is 7. The van der Waals surface area contributed by atoms with Crippen LogP contribution in [0.2, 0.25) is 0 Å². The minimum absolute atomic E-state index is 0.0553. The van der Waals surface area contributed by atoms with Gasteiger partial charge in [-0.25, -0.2) is 4.79 Å². The number of benzene rings is 2. The first-order chi connectivity index (χ1) is 14.4. The Kier molecular flexibility index (Phi) is 8.57. The van der Waals surface area contributed by atoms with Crippen molar-refractivity contribution in [2.24, 2.45) is 10.8 Å². The summed E-state index contributed by atoms with van der Waals surface area (Å²) in [6, 6.07) is 11.4. The fourth-order valence-corrected chi connectivity index (χ4v) is 2.35. The molecule has 0 heterocycles. The lowest BCUT2D eigenvalue weighted by atomic mass is 10.2. The Morgan fingerprint density at radius 3 is 2.53 bits per heavy atom. The van der Waals surface area contributed by atoms with Crippen LogP contribution in [0, 0.1) is 0 Å². The lowest BCUT2D eigenvalue weighted by Crippen LogP contribution is -2.24. The monoisotopic (exact) mass is 430 g/mol. The third kappa shape index (κ3) is 7.06. The van der Waals surface area contributed by atoms with Gasteiger partial charge in [-0.3, -0.25) is 10.2 Å². The van der Waals surface area contributed by atoms with E-state index in [-0.39, 0.29) is 17.6 Å². The van der Waals surface area contributed by atoms with E-state index >= 15 is 0 Å². The molecule has 2 aromatic carbocycles. The number of esters is 1. The molecule has 9 nitrogen and oxygen atoms in total. The fourth-order valence-electron chi connectivity index (χ4n) is 2.30. The number of carbonyl (C=O) groups excluding carboxylic acids is 2. The normalized spacial score (nSPS) is 10.3. The third-order valence-corrected chi connectivity index (χ3v) is 3.71. The SMILES string of the molecule is CCOC(=O)c1ccc(NC(=O)COc2ccc(/C=N/NC(N)=S)cc2OC)cc1. The van der Waals surface area contributed by atoms with E-state index in [2.05, 4.69) is 28.1 Å². The summed E-state index contributed by atoms with van der Waals surface area (Å²) >= 11 is 4.66. The Labute approximate surface area is 179 Å². The number of hydrogen-bond donors (Lipinski definition) is 3. The van der Waals surface area contributed by atoms with E-state index in [1.54, 1.807) is 49.4 Å². The van der Waals surface area contributed by atoms with E-state index in [1.165, 1.54) is 13.3 Å². The molecule has 0 aliphatic heterocycles. The maximum absolute atomic E-state index is 12.2. The van der Waals surface area contributed by atoms with Gasteiger partial charge in [0.05, 0.1) is 25.5 Å². The molecule has 4 N–H and O–H groups in total. The van der Waals surface area contributed by atoms with Gasteiger partial charge in [0.1, 0.15) is 0 Å². The highest BCUT2D eigenvalue weighted by Gasteiger charge is 2.10. The minimum atomic E-state index is -0.416. The van der Waals surface area contributed by atoms with Crippen LogP contribution in [0.3, 0.4) is 0 Å². The lowest BCUT2D eigenvalue weighted by Gasteiger charge is -2.11. The van der Waals surface area contributed by atoms with Gasteiger partial charge in [-0.1, -0.05) is 0 Å². The number of ether oxygens (including phenoxy) is 3. The van der Waals surface area contributed by atoms with Gasteiger partial charge in [-0.15, -0.1) is 0 Å². The highest BCUT2D eigenvalue weighted by Crippen LogP contribution is 2.27. The van der Waals surface area contributed by atoms with E-state index in [9.17, 15) is 9.59 Å². The predicted molar refractivity (Wildman–Crippen MR) is 117 cm³/mol. The van der Waals surface area contributed by atoms with Gasteiger partial charge < -0.3 is 25.3 Å². The van der Waals surface area contributed by atoms with Gasteiger partial charge in [0, 0.05) is 5.69 Å². The highest BCUT2D eigenvalue weighted by molar-refractivity contribution is 7.80. The second-order valence-electron chi connectivity index (χ2n) is 5.78. The van der Waals surface area contributed by atoms with Crippen molar-refractivity contribution in [2.75, 3.05) is 25.6 Å². The maximum Gasteiger partial charge on any atom is 0.338 e. The quantitative estimate of drug-likeness (QED) is 0.239. The standard InChI is InChI=1S/C20H22N4O5S/c1-3-28-19(26)14-5-7-15(8-6-14)23-18(25)12-29-16-9-4-13(10-17(16)27-2)11-22-24-20(21)30/h4-11H,3,12H2,1-2H3,(H,23,25)(H3,21,24,30)/b22-11+. The maximum atomic E-state index is 12.2. The number of amides is 1. The Morgan fingerprint density at radius 2 is 1.90 bits per heavy atom. The van der Waals surface area contributed by atoms with Crippen LogP contribution in [-0.4, -0.2) is 43.5 Å². The molecule has 0 saturated carbocycles. The van der Waals surface area contributed by atoms with Crippen LogP contribution in [0.1, 0.15) is 22.8 Å². The molecule has 0 radical (unpaired) electrons. The van der Waals surface area contributed by atoms with Gasteiger partial charge in [0.15, 0.2) is 23.2 Å². The van der Waals surface area contributed by atoms with Gasteiger partial charge >= 0.3 is 5.97 Å². The zero-order valence-corrected chi connectivity index (χ0v) is 17.3. The van der Waals surface area contributed by atoms with E-state index < -0.39 is 5.97 Å². The summed E-state index contributed by atoms with van der Waals surface area (Å²) < 4.78 is 15.7. The molecule has 0 unspecified atom stereocenters. The number of rotatable bonds is 9. The third-order valence-electron chi connectivity index (χ3n) is 3.61. The van der Waals surface area contributed by atoms with E-state index in [1.807, 2.05) is 0 Å². The van der Waals surface area contributed by atoms with E-state index in [4.69, 9.17) is 19.9 Å². The molecule has 1 amide bonds. The zero-order valence-electron chi connectivity index (χ0n) is 16.5. The number of nitrogens with two attached hydrogens (primary N) is 1. The Hall–Kier alpha value is -3.66. The summed E-state index contributed by atoms with van der Waals surface area (Å²) in [6.45, 7) is 1.80. The largest absolute Gasteiger partial charge is 0.493 e.